The molecule has 4 aromatic rings. The first kappa shape index (κ1) is 14.4. The summed E-state index contributed by atoms with van der Waals surface area (Å²) < 4.78 is 13.6. The topological polar surface area (TPSA) is 61.5 Å². The van der Waals surface area contributed by atoms with E-state index in [0.29, 0.717) is 6.61 Å². The zero-order valence-electron chi connectivity index (χ0n) is 13.4. The maximum Gasteiger partial charge on any atom is 0.235 e. The smallest absolute Gasteiger partial charge is 0.235 e. The Hall–Kier alpha value is -2.93. The van der Waals surface area contributed by atoms with Gasteiger partial charge in [0.25, 0.3) is 0 Å². The summed E-state index contributed by atoms with van der Waals surface area (Å²) >= 11 is 1.47. The molecular formula is C18H14N4O2S. The summed E-state index contributed by atoms with van der Waals surface area (Å²) in [6, 6.07) is 15.8. The molecule has 2 aromatic carbocycles. The number of fused-ring (bicyclic) bond motifs is 2. The molecule has 0 radical (unpaired) electrons. The molecule has 0 saturated heterocycles. The van der Waals surface area contributed by atoms with Gasteiger partial charge in [-0.1, -0.05) is 53.3 Å². The Bertz CT molecular complexity index is 1050. The number of ether oxygens (including phenoxy) is 2. The van der Waals surface area contributed by atoms with Crippen molar-refractivity contribution >= 4 is 16.3 Å². The van der Waals surface area contributed by atoms with Crippen molar-refractivity contribution < 1.29 is 9.47 Å². The monoisotopic (exact) mass is 350 g/mol. The van der Waals surface area contributed by atoms with Crippen molar-refractivity contribution in [2.75, 3.05) is 6.61 Å². The standard InChI is InChI=1S/C18H14N4O2S/c1-11-6-8-12(9-7-11)16-19-20-18-22(16)21-17(25-18)15-10-23-13-4-2-3-5-14(13)24-15/h2-9,15H,10H2,1H3/t15-/m1/s1. The molecule has 2 aromatic heterocycles. The van der Waals surface area contributed by atoms with Crippen LogP contribution in [0, 0.1) is 6.92 Å². The molecule has 7 heteroatoms. The third-order valence-electron chi connectivity index (χ3n) is 4.10. The van der Waals surface area contributed by atoms with Gasteiger partial charge in [0.15, 0.2) is 28.4 Å². The first-order chi connectivity index (χ1) is 12.3. The summed E-state index contributed by atoms with van der Waals surface area (Å²) in [6.45, 7) is 2.49. The van der Waals surface area contributed by atoms with Gasteiger partial charge in [-0.3, -0.25) is 0 Å². The molecule has 0 aliphatic carbocycles. The predicted molar refractivity (Wildman–Crippen MR) is 94.1 cm³/mol. The summed E-state index contributed by atoms with van der Waals surface area (Å²) in [5.41, 5.74) is 2.19. The van der Waals surface area contributed by atoms with E-state index in [1.807, 2.05) is 36.4 Å². The molecule has 5 rings (SSSR count). The Morgan fingerprint density at radius 1 is 1.04 bits per heavy atom. The van der Waals surface area contributed by atoms with Gasteiger partial charge in [0, 0.05) is 5.56 Å². The zero-order chi connectivity index (χ0) is 16.8. The molecule has 0 unspecified atom stereocenters. The maximum atomic E-state index is 6.04. The van der Waals surface area contributed by atoms with Crippen LogP contribution in [0.15, 0.2) is 48.5 Å². The molecular weight excluding hydrogens is 336 g/mol. The first-order valence-electron chi connectivity index (χ1n) is 7.95. The van der Waals surface area contributed by atoms with Crippen LogP contribution in [0.25, 0.3) is 16.3 Å². The van der Waals surface area contributed by atoms with E-state index in [4.69, 9.17) is 9.47 Å². The number of rotatable bonds is 2. The molecule has 0 fully saturated rings. The minimum atomic E-state index is -0.243. The van der Waals surface area contributed by atoms with E-state index in [1.54, 1.807) is 4.52 Å². The minimum absolute atomic E-state index is 0.243. The van der Waals surface area contributed by atoms with Crippen LogP contribution in [0.4, 0.5) is 0 Å². The second-order valence-electron chi connectivity index (χ2n) is 5.89. The van der Waals surface area contributed by atoms with Gasteiger partial charge in [-0.25, -0.2) is 0 Å². The highest BCUT2D eigenvalue weighted by Gasteiger charge is 2.27. The summed E-state index contributed by atoms with van der Waals surface area (Å²) in [6.07, 6.45) is -0.243. The highest BCUT2D eigenvalue weighted by Crippen LogP contribution is 2.37. The van der Waals surface area contributed by atoms with Gasteiger partial charge in [-0.05, 0) is 19.1 Å². The van der Waals surface area contributed by atoms with Gasteiger partial charge in [0.2, 0.25) is 4.96 Å². The van der Waals surface area contributed by atoms with E-state index in [2.05, 4.69) is 34.4 Å². The lowest BCUT2D eigenvalue weighted by molar-refractivity contribution is 0.0904. The van der Waals surface area contributed by atoms with E-state index >= 15 is 0 Å². The molecule has 6 nitrogen and oxygen atoms in total. The molecule has 25 heavy (non-hydrogen) atoms. The summed E-state index contributed by atoms with van der Waals surface area (Å²) in [4.78, 5) is 0.744. The lowest BCUT2D eigenvalue weighted by atomic mass is 10.1. The van der Waals surface area contributed by atoms with E-state index in [9.17, 15) is 0 Å². The second kappa shape index (κ2) is 5.56. The Labute approximate surface area is 147 Å². The van der Waals surface area contributed by atoms with E-state index < -0.39 is 0 Å². The van der Waals surface area contributed by atoms with Crippen LogP contribution in [0.5, 0.6) is 11.5 Å². The van der Waals surface area contributed by atoms with Crippen LogP contribution in [-0.2, 0) is 0 Å². The number of aryl methyl sites for hydroxylation is 1. The van der Waals surface area contributed by atoms with Crippen LogP contribution in [-0.4, -0.2) is 26.4 Å². The fourth-order valence-electron chi connectivity index (χ4n) is 2.79. The first-order valence-corrected chi connectivity index (χ1v) is 8.77. The molecule has 0 N–H and O–H groups in total. The Kier molecular flexibility index (Phi) is 3.21. The fraction of sp³-hybridized carbons (Fsp3) is 0.167. The molecule has 1 atom stereocenters. The third-order valence-corrected chi connectivity index (χ3v) is 5.09. The van der Waals surface area contributed by atoms with Crippen LogP contribution in [0.2, 0.25) is 0 Å². The van der Waals surface area contributed by atoms with Gasteiger partial charge >= 0.3 is 0 Å². The average molecular weight is 350 g/mol. The van der Waals surface area contributed by atoms with Gasteiger partial charge < -0.3 is 9.47 Å². The van der Waals surface area contributed by atoms with Gasteiger partial charge in [0.05, 0.1) is 0 Å². The number of aromatic nitrogens is 4. The normalized spacial score (nSPS) is 16.3. The van der Waals surface area contributed by atoms with Crippen molar-refractivity contribution in [3.8, 4) is 22.9 Å². The van der Waals surface area contributed by atoms with Crippen LogP contribution < -0.4 is 9.47 Å². The molecule has 1 aliphatic rings. The number of benzene rings is 2. The molecule has 0 spiro atoms. The minimum Gasteiger partial charge on any atom is -0.485 e. The molecule has 124 valence electrons. The summed E-state index contributed by atoms with van der Waals surface area (Å²) in [5.74, 6) is 2.24. The molecule has 0 saturated carbocycles. The Balaban J connectivity index is 1.51. The van der Waals surface area contributed by atoms with Crippen molar-refractivity contribution in [1.29, 1.82) is 0 Å². The summed E-state index contributed by atoms with van der Waals surface area (Å²) in [7, 11) is 0. The fourth-order valence-corrected chi connectivity index (χ4v) is 3.64. The third kappa shape index (κ3) is 2.44. The van der Waals surface area contributed by atoms with Gasteiger partial charge in [0.1, 0.15) is 6.61 Å². The zero-order valence-corrected chi connectivity index (χ0v) is 14.2. The van der Waals surface area contributed by atoms with Gasteiger partial charge in [-0.2, -0.15) is 9.61 Å². The van der Waals surface area contributed by atoms with Crippen molar-refractivity contribution in [3.63, 3.8) is 0 Å². The molecule has 0 amide bonds. The van der Waals surface area contributed by atoms with Crippen molar-refractivity contribution in [2.45, 2.75) is 13.0 Å². The quantitative estimate of drug-likeness (QED) is 0.552. The SMILES string of the molecule is Cc1ccc(-c2nnc3sc([C@H]4COc5ccccc5O4)nn23)cc1. The Morgan fingerprint density at radius 2 is 1.84 bits per heavy atom. The highest BCUT2D eigenvalue weighted by molar-refractivity contribution is 7.16. The number of nitrogens with zero attached hydrogens (tertiary/aromatic N) is 4. The van der Waals surface area contributed by atoms with E-state index in [1.165, 1.54) is 16.9 Å². The molecule has 3 heterocycles. The summed E-state index contributed by atoms with van der Waals surface area (Å²) in [5, 5.41) is 14.0. The van der Waals surface area contributed by atoms with E-state index in [0.717, 1.165) is 32.9 Å². The lowest BCUT2D eigenvalue weighted by Crippen LogP contribution is -2.21. The van der Waals surface area contributed by atoms with Gasteiger partial charge in [-0.15, -0.1) is 10.2 Å². The lowest BCUT2D eigenvalue weighted by Gasteiger charge is -2.24. The van der Waals surface area contributed by atoms with Crippen LogP contribution in [0.3, 0.4) is 0 Å². The highest BCUT2D eigenvalue weighted by atomic mass is 32.1. The molecule has 0 bridgehead atoms. The largest absolute Gasteiger partial charge is 0.485 e. The van der Waals surface area contributed by atoms with Crippen molar-refractivity contribution in [2.24, 2.45) is 0 Å². The molecule has 1 aliphatic heterocycles. The average Bonchev–Trinajstić information content (AvgIpc) is 3.23. The number of hydrogen-bond donors (Lipinski definition) is 0. The maximum absolute atomic E-state index is 6.04. The van der Waals surface area contributed by atoms with E-state index in [-0.39, 0.29) is 6.10 Å². The number of hydrogen-bond acceptors (Lipinski definition) is 6. The second-order valence-corrected chi connectivity index (χ2v) is 6.88. The van der Waals surface area contributed by atoms with Crippen LogP contribution >= 0.6 is 11.3 Å². The van der Waals surface area contributed by atoms with Crippen molar-refractivity contribution in [1.82, 2.24) is 19.8 Å². The Morgan fingerprint density at radius 3 is 2.68 bits per heavy atom. The van der Waals surface area contributed by atoms with Crippen LogP contribution in [0.1, 0.15) is 16.7 Å². The predicted octanol–water partition coefficient (Wildman–Crippen LogP) is 3.67. The number of para-hydroxylation sites is 2. The van der Waals surface area contributed by atoms with Crippen molar-refractivity contribution in [3.05, 3.63) is 59.1 Å².